The summed E-state index contributed by atoms with van der Waals surface area (Å²) in [7, 11) is 0. The molecule has 0 aliphatic carbocycles. The highest BCUT2D eigenvalue weighted by Crippen LogP contribution is 2.29. The molecule has 0 unspecified atom stereocenters. The SMILES string of the molecule is O=C(O)c1ccc(CNC(=O)c2cc(-c3ccc(F)cc3)cc3cnn(Cc4ccc5ccccc5c4)c23)cc1. The summed E-state index contributed by atoms with van der Waals surface area (Å²) in [4.78, 5) is 24.8. The maximum atomic E-state index is 13.6. The van der Waals surface area contributed by atoms with E-state index in [1.165, 1.54) is 24.3 Å². The molecule has 0 fully saturated rings. The van der Waals surface area contributed by atoms with Gasteiger partial charge in [0.15, 0.2) is 0 Å². The standard InChI is InChI=1S/C33H24FN3O3/c34-29-13-11-24(12-14-29)27-16-28-19-36-37(20-22-7-8-23-3-1-2-4-26(23)15-22)31(28)30(17-27)32(38)35-18-21-5-9-25(10-6-21)33(39)40/h1-17,19H,18,20H2,(H,35,38)(H,39,40). The number of aromatic carboxylic acids is 1. The number of rotatable bonds is 7. The fourth-order valence-electron chi connectivity index (χ4n) is 4.89. The van der Waals surface area contributed by atoms with Crippen LogP contribution in [0.4, 0.5) is 4.39 Å². The Bertz CT molecular complexity index is 1880. The van der Waals surface area contributed by atoms with E-state index in [1.807, 2.05) is 22.9 Å². The number of halogens is 1. The molecule has 6 aromatic rings. The molecule has 0 saturated heterocycles. The van der Waals surface area contributed by atoms with Gasteiger partial charge in [0.2, 0.25) is 0 Å². The average molecular weight is 530 g/mol. The van der Waals surface area contributed by atoms with Crippen LogP contribution < -0.4 is 5.32 Å². The highest BCUT2D eigenvalue weighted by molar-refractivity contribution is 6.07. The molecule has 5 aromatic carbocycles. The molecule has 6 rings (SSSR count). The molecule has 0 spiro atoms. The number of hydrogen-bond acceptors (Lipinski definition) is 3. The molecular formula is C33H24FN3O3. The molecule has 196 valence electrons. The number of carbonyl (C=O) groups is 2. The van der Waals surface area contributed by atoms with Crippen LogP contribution in [0.2, 0.25) is 0 Å². The smallest absolute Gasteiger partial charge is 0.335 e. The van der Waals surface area contributed by atoms with Gasteiger partial charge in [-0.15, -0.1) is 0 Å². The number of hydrogen-bond donors (Lipinski definition) is 2. The number of aromatic nitrogens is 2. The normalized spacial score (nSPS) is 11.1. The van der Waals surface area contributed by atoms with Crippen LogP contribution in [-0.2, 0) is 13.1 Å². The maximum Gasteiger partial charge on any atom is 0.335 e. The topological polar surface area (TPSA) is 84.2 Å². The molecule has 40 heavy (non-hydrogen) atoms. The second-order valence-electron chi connectivity index (χ2n) is 9.64. The van der Waals surface area contributed by atoms with Gasteiger partial charge in [-0.1, -0.05) is 60.7 Å². The van der Waals surface area contributed by atoms with Crippen LogP contribution >= 0.6 is 0 Å². The molecule has 2 N–H and O–H groups in total. The third kappa shape index (κ3) is 5.05. The molecule has 0 saturated carbocycles. The van der Waals surface area contributed by atoms with Gasteiger partial charge in [0.05, 0.1) is 29.4 Å². The Kier molecular flexibility index (Phi) is 6.54. The average Bonchev–Trinajstić information content (AvgIpc) is 3.38. The van der Waals surface area contributed by atoms with E-state index in [-0.39, 0.29) is 23.8 Å². The molecule has 0 atom stereocenters. The summed E-state index contributed by atoms with van der Waals surface area (Å²) in [5.41, 5.74) is 4.69. The van der Waals surface area contributed by atoms with Crippen LogP contribution in [0, 0.1) is 5.82 Å². The van der Waals surface area contributed by atoms with Crippen molar-refractivity contribution in [2.24, 2.45) is 0 Å². The van der Waals surface area contributed by atoms with Gasteiger partial charge >= 0.3 is 5.97 Å². The Hall–Kier alpha value is -5.30. The number of carboxylic acids is 1. The predicted molar refractivity (Wildman–Crippen MR) is 153 cm³/mol. The van der Waals surface area contributed by atoms with Gasteiger partial charge in [0, 0.05) is 11.9 Å². The van der Waals surface area contributed by atoms with E-state index in [4.69, 9.17) is 5.11 Å². The predicted octanol–water partition coefficient (Wildman–Crippen LogP) is 6.67. The van der Waals surface area contributed by atoms with E-state index in [2.05, 4.69) is 40.7 Å². The Balaban J connectivity index is 1.37. The van der Waals surface area contributed by atoms with Crippen molar-refractivity contribution in [3.05, 3.63) is 137 Å². The molecule has 0 aliphatic rings. The Morgan fingerprint density at radius 2 is 1.50 bits per heavy atom. The minimum Gasteiger partial charge on any atom is -0.478 e. The van der Waals surface area contributed by atoms with Crippen molar-refractivity contribution < 1.29 is 19.1 Å². The number of benzene rings is 5. The van der Waals surface area contributed by atoms with Crippen LogP contribution in [0.3, 0.4) is 0 Å². The lowest BCUT2D eigenvalue weighted by molar-refractivity contribution is 0.0696. The molecule has 1 aromatic heterocycles. The fourth-order valence-corrected chi connectivity index (χ4v) is 4.89. The first-order chi connectivity index (χ1) is 19.4. The summed E-state index contributed by atoms with van der Waals surface area (Å²) < 4.78 is 15.4. The van der Waals surface area contributed by atoms with Crippen molar-refractivity contribution >= 4 is 33.6 Å². The number of nitrogens with one attached hydrogen (secondary N) is 1. The summed E-state index contributed by atoms with van der Waals surface area (Å²) in [6.07, 6.45) is 1.74. The molecule has 1 amide bonds. The second kappa shape index (κ2) is 10.5. The monoisotopic (exact) mass is 529 g/mol. The van der Waals surface area contributed by atoms with Crippen LogP contribution in [0.1, 0.15) is 31.8 Å². The first kappa shape index (κ1) is 25.0. The summed E-state index contributed by atoms with van der Waals surface area (Å²) in [6.45, 7) is 0.695. The van der Waals surface area contributed by atoms with Gasteiger partial charge in [0.25, 0.3) is 5.91 Å². The quantitative estimate of drug-likeness (QED) is 0.242. The lowest BCUT2D eigenvalue weighted by Gasteiger charge is -2.13. The number of fused-ring (bicyclic) bond motifs is 2. The summed E-state index contributed by atoms with van der Waals surface area (Å²) in [5, 5.41) is 19.8. The highest BCUT2D eigenvalue weighted by atomic mass is 19.1. The molecule has 1 heterocycles. The Labute approximate surface area is 229 Å². The van der Waals surface area contributed by atoms with E-state index >= 15 is 0 Å². The second-order valence-corrected chi connectivity index (χ2v) is 9.64. The van der Waals surface area contributed by atoms with Crippen molar-refractivity contribution in [2.45, 2.75) is 13.1 Å². The van der Waals surface area contributed by atoms with Gasteiger partial charge in [-0.25, -0.2) is 9.18 Å². The number of carboxylic acid groups (broad SMARTS) is 1. The summed E-state index contributed by atoms with van der Waals surface area (Å²) >= 11 is 0. The zero-order valence-electron chi connectivity index (χ0n) is 21.3. The third-order valence-corrected chi connectivity index (χ3v) is 6.96. The van der Waals surface area contributed by atoms with Gasteiger partial charge in [0.1, 0.15) is 5.82 Å². The maximum absolute atomic E-state index is 13.6. The van der Waals surface area contributed by atoms with Crippen LogP contribution in [0.15, 0.2) is 109 Å². The Morgan fingerprint density at radius 3 is 2.25 bits per heavy atom. The zero-order valence-corrected chi connectivity index (χ0v) is 21.3. The van der Waals surface area contributed by atoms with Crippen molar-refractivity contribution in [3.63, 3.8) is 0 Å². The van der Waals surface area contributed by atoms with E-state index in [1.54, 1.807) is 36.5 Å². The largest absolute Gasteiger partial charge is 0.478 e. The van der Waals surface area contributed by atoms with Gasteiger partial charge in [-0.2, -0.15) is 5.10 Å². The van der Waals surface area contributed by atoms with Crippen molar-refractivity contribution in [2.75, 3.05) is 0 Å². The van der Waals surface area contributed by atoms with Crippen LogP contribution in [0.5, 0.6) is 0 Å². The molecule has 6 nitrogen and oxygen atoms in total. The number of amides is 1. The molecule has 0 bridgehead atoms. The van der Waals surface area contributed by atoms with Crippen LogP contribution in [-0.4, -0.2) is 26.8 Å². The van der Waals surface area contributed by atoms with E-state index in [0.717, 1.165) is 38.4 Å². The minimum atomic E-state index is -1.00. The molecular weight excluding hydrogens is 505 g/mol. The lowest BCUT2D eigenvalue weighted by atomic mass is 9.99. The summed E-state index contributed by atoms with van der Waals surface area (Å²) in [5.74, 6) is -1.63. The van der Waals surface area contributed by atoms with Gasteiger partial charge < -0.3 is 10.4 Å². The van der Waals surface area contributed by atoms with Gasteiger partial charge in [-0.05, 0) is 75.5 Å². The molecule has 0 radical (unpaired) electrons. The Morgan fingerprint density at radius 1 is 0.775 bits per heavy atom. The highest BCUT2D eigenvalue weighted by Gasteiger charge is 2.18. The summed E-state index contributed by atoms with van der Waals surface area (Å²) in [6, 6.07) is 30.7. The number of carbonyl (C=O) groups excluding carboxylic acids is 1. The number of nitrogens with zero attached hydrogens (tertiary/aromatic N) is 2. The fraction of sp³-hybridized carbons (Fsp3) is 0.0606. The van der Waals surface area contributed by atoms with E-state index < -0.39 is 5.97 Å². The third-order valence-electron chi connectivity index (χ3n) is 6.96. The van der Waals surface area contributed by atoms with Crippen LogP contribution in [0.25, 0.3) is 32.8 Å². The lowest BCUT2D eigenvalue weighted by Crippen LogP contribution is -2.24. The minimum absolute atomic E-state index is 0.182. The van der Waals surface area contributed by atoms with Crippen molar-refractivity contribution in [1.29, 1.82) is 0 Å². The first-order valence-corrected chi connectivity index (χ1v) is 12.8. The van der Waals surface area contributed by atoms with Crippen molar-refractivity contribution in [3.8, 4) is 11.1 Å². The van der Waals surface area contributed by atoms with E-state index in [0.29, 0.717) is 17.6 Å². The molecule has 0 aliphatic heterocycles. The zero-order chi connectivity index (χ0) is 27.6. The first-order valence-electron chi connectivity index (χ1n) is 12.8. The van der Waals surface area contributed by atoms with Crippen molar-refractivity contribution in [1.82, 2.24) is 15.1 Å². The van der Waals surface area contributed by atoms with Gasteiger partial charge in [-0.3, -0.25) is 9.48 Å². The van der Waals surface area contributed by atoms with E-state index in [9.17, 15) is 14.0 Å². The molecule has 7 heteroatoms.